The lowest BCUT2D eigenvalue weighted by Gasteiger charge is -2.06. The molecule has 0 saturated heterocycles. The number of aromatic nitrogens is 1. The van der Waals surface area contributed by atoms with E-state index in [0.29, 0.717) is 5.76 Å². The normalized spacial score (nSPS) is 11.3. The van der Waals surface area contributed by atoms with Crippen molar-refractivity contribution in [3.8, 4) is 0 Å². The average Bonchev–Trinajstić information content (AvgIpc) is 2.82. The molecule has 1 aromatic carbocycles. The summed E-state index contributed by atoms with van der Waals surface area (Å²) in [6, 6.07) is 7.87. The number of rotatable bonds is 5. The zero-order valence-electron chi connectivity index (χ0n) is 11.6. The second-order valence-corrected chi connectivity index (χ2v) is 6.28. The van der Waals surface area contributed by atoms with Crippen LogP contribution in [-0.4, -0.2) is 26.0 Å². The lowest BCUT2D eigenvalue weighted by molar-refractivity contribution is -0.115. The molecule has 0 radical (unpaired) electrons. The summed E-state index contributed by atoms with van der Waals surface area (Å²) in [5, 5.41) is 6.01. The number of amides is 1. The van der Waals surface area contributed by atoms with Gasteiger partial charge in [0.25, 0.3) is 0 Å². The first-order valence-electron chi connectivity index (χ1n) is 6.16. The van der Waals surface area contributed by atoms with E-state index in [-0.39, 0.29) is 17.3 Å². The maximum Gasteiger partial charge on any atom is 0.241 e. The van der Waals surface area contributed by atoms with Crippen LogP contribution in [0.25, 0.3) is 0 Å². The van der Waals surface area contributed by atoms with E-state index < -0.39 is 15.9 Å². The Hall–Kier alpha value is -2.19. The highest BCUT2D eigenvalue weighted by atomic mass is 32.2. The number of carbonyl (C=O) groups excluding carboxylic acids is 1. The summed E-state index contributed by atoms with van der Waals surface area (Å²) in [4.78, 5) is 11.7. The molecule has 0 spiro atoms. The molecule has 1 aromatic heterocycles. The first kappa shape index (κ1) is 15.2. The van der Waals surface area contributed by atoms with Gasteiger partial charge in [-0.3, -0.25) is 4.79 Å². The van der Waals surface area contributed by atoms with Crippen molar-refractivity contribution in [1.29, 1.82) is 0 Å². The molecule has 0 bridgehead atoms. The number of hydrogen-bond donors (Lipinski definition) is 2. The van der Waals surface area contributed by atoms with Crippen molar-refractivity contribution in [3.05, 3.63) is 41.7 Å². The number of hydrogen-bond acceptors (Lipinski definition) is 5. The largest absolute Gasteiger partial charge is 0.360 e. The van der Waals surface area contributed by atoms with Gasteiger partial charge in [0, 0.05) is 6.07 Å². The van der Waals surface area contributed by atoms with Gasteiger partial charge in [-0.1, -0.05) is 22.9 Å². The molecule has 2 rings (SSSR count). The molecule has 0 aliphatic rings. The molecule has 7 nitrogen and oxygen atoms in total. The maximum atomic E-state index is 12.0. The molecule has 21 heavy (non-hydrogen) atoms. The predicted octanol–water partition coefficient (Wildman–Crippen LogP) is 1.21. The molecule has 112 valence electrons. The molecule has 8 heteroatoms. The Kier molecular flexibility index (Phi) is 4.39. The second kappa shape index (κ2) is 6.06. The van der Waals surface area contributed by atoms with Gasteiger partial charge in [-0.05, 0) is 26.0 Å². The van der Waals surface area contributed by atoms with Crippen molar-refractivity contribution in [2.45, 2.75) is 18.7 Å². The molecule has 0 saturated carbocycles. The third-order valence-electron chi connectivity index (χ3n) is 2.65. The third kappa shape index (κ3) is 4.14. The van der Waals surface area contributed by atoms with Crippen molar-refractivity contribution in [2.75, 3.05) is 11.9 Å². The lowest BCUT2D eigenvalue weighted by Crippen LogP contribution is -2.32. The SMILES string of the molecule is Cc1ccc(S(=O)(=O)NCC(=O)Nc2cc(C)on2)cc1. The molecule has 1 heterocycles. The first-order valence-corrected chi connectivity index (χ1v) is 7.64. The minimum Gasteiger partial charge on any atom is -0.360 e. The van der Waals surface area contributed by atoms with Gasteiger partial charge in [0.05, 0.1) is 11.4 Å². The number of anilines is 1. The van der Waals surface area contributed by atoms with Gasteiger partial charge in [0.1, 0.15) is 5.76 Å². The third-order valence-corrected chi connectivity index (χ3v) is 4.07. The monoisotopic (exact) mass is 309 g/mol. The van der Waals surface area contributed by atoms with Crippen LogP contribution in [-0.2, 0) is 14.8 Å². The molecule has 0 aliphatic heterocycles. The van der Waals surface area contributed by atoms with Crippen molar-refractivity contribution in [3.63, 3.8) is 0 Å². The molecule has 0 aliphatic carbocycles. The van der Waals surface area contributed by atoms with E-state index in [0.717, 1.165) is 5.56 Å². The van der Waals surface area contributed by atoms with Gasteiger partial charge < -0.3 is 9.84 Å². The van der Waals surface area contributed by atoms with Gasteiger partial charge in [-0.25, -0.2) is 13.1 Å². The fourth-order valence-electron chi connectivity index (χ4n) is 1.57. The van der Waals surface area contributed by atoms with Gasteiger partial charge in [-0.15, -0.1) is 0 Å². The first-order chi connectivity index (χ1) is 9.87. The van der Waals surface area contributed by atoms with Gasteiger partial charge in [0.2, 0.25) is 15.9 Å². The summed E-state index contributed by atoms with van der Waals surface area (Å²) < 4.78 is 31.0. The van der Waals surface area contributed by atoms with Crippen molar-refractivity contribution >= 4 is 21.7 Å². The molecule has 0 fully saturated rings. The molecular weight excluding hydrogens is 294 g/mol. The zero-order valence-corrected chi connectivity index (χ0v) is 12.4. The van der Waals surface area contributed by atoms with E-state index in [2.05, 4.69) is 15.2 Å². The Morgan fingerprint density at radius 2 is 1.90 bits per heavy atom. The molecular formula is C13H15N3O4S. The predicted molar refractivity (Wildman–Crippen MR) is 76.2 cm³/mol. The van der Waals surface area contributed by atoms with E-state index in [1.165, 1.54) is 18.2 Å². The van der Waals surface area contributed by atoms with Gasteiger partial charge in [-0.2, -0.15) is 0 Å². The Balaban J connectivity index is 1.95. The molecule has 0 unspecified atom stereocenters. The van der Waals surface area contributed by atoms with Crippen molar-refractivity contribution < 1.29 is 17.7 Å². The zero-order chi connectivity index (χ0) is 15.5. The summed E-state index contributed by atoms with van der Waals surface area (Å²) in [7, 11) is -3.71. The summed E-state index contributed by atoms with van der Waals surface area (Å²) in [6.45, 7) is 3.15. The summed E-state index contributed by atoms with van der Waals surface area (Å²) in [6.07, 6.45) is 0. The van der Waals surface area contributed by atoms with Gasteiger partial charge >= 0.3 is 0 Å². The van der Waals surface area contributed by atoms with Crippen LogP contribution in [0.4, 0.5) is 5.82 Å². The van der Waals surface area contributed by atoms with E-state index in [1.807, 2.05) is 6.92 Å². The van der Waals surface area contributed by atoms with Crippen LogP contribution >= 0.6 is 0 Å². The van der Waals surface area contributed by atoms with E-state index >= 15 is 0 Å². The Morgan fingerprint density at radius 3 is 2.48 bits per heavy atom. The van der Waals surface area contributed by atoms with Crippen LogP contribution in [0.1, 0.15) is 11.3 Å². The van der Waals surface area contributed by atoms with E-state index in [9.17, 15) is 13.2 Å². The van der Waals surface area contributed by atoms with E-state index in [1.54, 1.807) is 19.1 Å². The number of aryl methyl sites for hydroxylation is 2. The van der Waals surface area contributed by atoms with Crippen molar-refractivity contribution in [1.82, 2.24) is 9.88 Å². The van der Waals surface area contributed by atoms with Crippen LogP contribution in [0.5, 0.6) is 0 Å². The molecule has 0 atom stereocenters. The Bertz CT molecular complexity index is 735. The molecule has 2 aromatic rings. The summed E-state index contributed by atoms with van der Waals surface area (Å²) in [5.74, 6) is 0.261. The number of nitrogens with zero attached hydrogens (tertiary/aromatic N) is 1. The number of sulfonamides is 1. The number of benzene rings is 1. The van der Waals surface area contributed by atoms with Crippen LogP contribution in [0.2, 0.25) is 0 Å². The van der Waals surface area contributed by atoms with Crippen LogP contribution in [0.15, 0.2) is 39.8 Å². The minimum absolute atomic E-state index is 0.109. The van der Waals surface area contributed by atoms with Gasteiger partial charge in [0.15, 0.2) is 5.82 Å². The average molecular weight is 309 g/mol. The highest BCUT2D eigenvalue weighted by Gasteiger charge is 2.15. The Morgan fingerprint density at radius 1 is 1.24 bits per heavy atom. The standard InChI is InChI=1S/C13H15N3O4S/c1-9-3-5-11(6-4-9)21(18,19)14-8-13(17)15-12-7-10(2)20-16-12/h3-7,14H,8H2,1-2H3,(H,15,16,17). The van der Waals surface area contributed by atoms with Crippen LogP contribution in [0.3, 0.4) is 0 Å². The van der Waals surface area contributed by atoms with Crippen LogP contribution < -0.4 is 10.0 Å². The molecule has 1 amide bonds. The highest BCUT2D eigenvalue weighted by Crippen LogP contribution is 2.10. The quantitative estimate of drug-likeness (QED) is 0.864. The second-order valence-electron chi connectivity index (χ2n) is 4.51. The van der Waals surface area contributed by atoms with E-state index in [4.69, 9.17) is 4.52 Å². The minimum atomic E-state index is -3.71. The smallest absolute Gasteiger partial charge is 0.241 e. The maximum absolute atomic E-state index is 12.0. The topological polar surface area (TPSA) is 101 Å². The molecule has 2 N–H and O–H groups in total. The Labute approximate surface area is 122 Å². The number of carbonyl (C=O) groups is 1. The summed E-state index contributed by atoms with van der Waals surface area (Å²) in [5.41, 5.74) is 0.952. The number of nitrogens with one attached hydrogen (secondary N) is 2. The summed E-state index contributed by atoms with van der Waals surface area (Å²) >= 11 is 0. The van der Waals surface area contributed by atoms with Crippen molar-refractivity contribution in [2.24, 2.45) is 0 Å². The fourth-order valence-corrected chi connectivity index (χ4v) is 2.56. The highest BCUT2D eigenvalue weighted by molar-refractivity contribution is 7.89. The lowest BCUT2D eigenvalue weighted by atomic mass is 10.2. The van der Waals surface area contributed by atoms with Crippen LogP contribution in [0, 0.1) is 13.8 Å². The fraction of sp³-hybridized carbons (Fsp3) is 0.231.